The zero-order valence-corrected chi connectivity index (χ0v) is 12.7. The van der Waals surface area contributed by atoms with Crippen LogP contribution in [-0.4, -0.2) is 20.9 Å². The van der Waals surface area contributed by atoms with Gasteiger partial charge in [-0.1, -0.05) is 26.2 Å². The molecule has 1 saturated carbocycles. The number of carboxylic acid groups (broad SMARTS) is 1. The highest BCUT2D eigenvalue weighted by atomic mass is 16.4. The van der Waals surface area contributed by atoms with Crippen molar-refractivity contribution in [2.24, 2.45) is 0 Å². The first kappa shape index (κ1) is 14.1. The van der Waals surface area contributed by atoms with Gasteiger partial charge in [0.25, 0.3) is 0 Å². The average Bonchev–Trinajstić information content (AvgIpc) is 2.87. The number of hydrogen-bond acceptors (Lipinski definition) is 2. The molecule has 0 saturated heterocycles. The lowest BCUT2D eigenvalue weighted by Gasteiger charge is -2.23. The van der Waals surface area contributed by atoms with Crippen LogP contribution in [0, 0.1) is 6.92 Å². The number of aromatic carboxylic acids is 1. The molecule has 1 aliphatic carbocycles. The number of hydrogen-bond donors (Lipinski definition) is 1. The Morgan fingerprint density at radius 3 is 2.67 bits per heavy atom. The lowest BCUT2D eigenvalue weighted by atomic mass is 9.95. The fraction of sp³-hybridized carbons (Fsp3) is 0.529. The van der Waals surface area contributed by atoms with E-state index in [1.54, 1.807) is 12.1 Å². The third kappa shape index (κ3) is 2.43. The monoisotopic (exact) mass is 286 g/mol. The van der Waals surface area contributed by atoms with E-state index in [9.17, 15) is 9.90 Å². The van der Waals surface area contributed by atoms with Gasteiger partial charge in [0, 0.05) is 5.39 Å². The summed E-state index contributed by atoms with van der Waals surface area (Å²) < 4.78 is 2.10. The van der Waals surface area contributed by atoms with E-state index in [2.05, 4.69) is 11.6 Å². The maximum absolute atomic E-state index is 11.3. The summed E-state index contributed by atoms with van der Waals surface area (Å²) in [7, 11) is 0. The van der Waals surface area contributed by atoms with E-state index in [-0.39, 0.29) is 0 Å². The Labute approximate surface area is 124 Å². The normalized spacial score (nSPS) is 16.5. The third-order valence-electron chi connectivity index (χ3n) is 4.58. The van der Waals surface area contributed by atoms with Crippen LogP contribution in [0.1, 0.15) is 66.7 Å². The van der Waals surface area contributed by atoms with Crippen molar-refractivity contribution in [3.63, 3.8) is 0 Å². The fourth-order valence-electron chi connectivity index (χ4n) is 3.53. The van der Waals surface area contributed by atoms with Crippen molar-refractivity contribution in [1.29, 1.82) is 0 Å². The third-order valence-corrected chi connectivity index (χ3v) is 4.58. The van der Waals surface area contributed by atoms with Crippen LogP contribution in [-0.2, 0) is 6.42 Å². The first-order chi connectivity index (χ1) is 10.1. The summed E-state index contributed by atoms with van der Waals surface area (Å²) >= 11 is 0. The molecule has 0 aliphatic heterocycles. The molecule has 0 spiro atoms. The molecule has 21 heavy (non-hydrogen) atoms. The smallest absolute Gasteiger partial charge is 0.335 e. The van der Waals surface area contributed by atoms with Crippen LogP contribution in [0.3, 0.4) is 0 Å². The van der Waals surface area contributed by atoms with Crippen molar-refractivity contribution >= 4 is 16.9 Å². The molecule has 4 nitrogen and oxygen atoms in total. The number of aryl methyl sites for hydroxylation is 2. The molecule has 0 amide bonds. The lowest BCUT2D eigenvalue weighted by molar-refractivity contribution is 0.0697. The second-order valence-electron chi connectivity index (χ2n) is 6.03. The molecule has 1 heterocycles. The Morgan fingerprint density at radius 2 is 2.05 bits per heavy atom. The molecule has 0 bridgehead atoms. The summed E-state index contributed by atoms with van der Waals surface area (Å²) in [5, 5.41) is 15.3. The van der Waals surface area contributed by atoms with Crippen LogP contribution in [0.2, 0.25) is 0 Å². The maximum Gasteiger partial charge on any atom is 0.335 e. The van der Waals surface area contributed by atoms with E-state index in [1.807, 2.05) is 6.92 Å². The first-order valence-corrected chi connectivity index (χ1v) is 7.87. The zero-order valence-electron chi connectivity index (χ0n) is 12.7. The van der Waals surface area contributed by atoms with Crippen molar-refractivity contribution < 1.29 is 9.90 Å². The standard InChI is InChI=1S/C17H22N2O2/c1-3-14-16-11(2)9-12(17(20)21)10-15(16)19(18-14)13-7-5-4-6-8-13/h9-10,13H,3-8H2,1-2H3,(H,20,21). The zero-order chi connectivity index (χ0) is 15.0. The second kappa shape index (κ2) is 5.51. The summed E-state index contributed by atoms with van der Waals surface area (Å²) in [5.74, 6) is -0.866. The molecule has 1 aromatic heterocycles. The number of benzene rings is 1. The Kier molecular flexibility index (Phi) is 3.70. The largest absolute Gasteiger partial charge is 0.478 e. The number of nitrogens with zero attached hydrogens (tertiary/aromatic N) is 2. The minimum absolute atomic E-state index is 0.361. The first-order valence-electron chi connectivity index (χ1n) is 7.87. The number of aromatic nitrogens is 2. The summed E-state index contributed by atoms with van der Waals surface area (Å²) in [5.41, 5.74) is 3.46. The lowest BCUT2D eigenvalue weighted by Crippen LogP contribution is -2.14. The molecule has 1 aliphatic rings. The topological polar surface area (TPSA) is 55.1 Å². The molecule has 3 rings (SSSR count). The average molecular weight is 286 g/mol. The fourth-order valence-corrected chi connectivity index (χ4v) is 3.53. The number of rotatable bonds is 3. The molecule has 2 aromatic rings. The van der Waals surface area contributed by atoms with Crippen molar-refractivity contribution in [1.82, 2.24) is 9.78 Å². The molecular formula is C17H22N2O2. The Bertz CT molecular complexity index is 682. The van der Waals surface area contributed by atoms with Gasteiger partial charge in [-0.3, -0.25) is 4.68 Å². The van der Waals surface area contributed by atoms with Gasteiger partial charge in [0.15, 0.2) is 0 Å². The Morgan fingerprint density at radius 1 is 1.33 bits per heavy atom. The SMILES string of the molecule is CCc1nn(C2CCCCC2)c2cc(C(=O)O)cc(C)c12. The summed E-state index contributed by atoms with van der Waals surface area (Å²) in [6, 6.07) is 3.98. The molecule has 1 fully saturated rings. The Hall–Kier alpha value is -1.84. The van der Waals surface area contributed by atoms with Crippen molar-refractivity contribution in [3.8, 4) is 0 Å². The molecule has 0 atom stereocenters. The molecule has 0 unspecified atom stereocenters. The van der Waals surface area contributed by atoms with E-state index in [1.165, 1.54) is 19.3 Å². The predicted octanol–water partition coefficient (Wildman–Crippen LogP) is 4.11. The predicted molar refractivity (Wildman–Crippen MR) is 82.9 cm³/mol. The second-order valence-corrected chi connectivity index (χ2v) is 6.03. The summed E-state index contributed by atoms with van der Waals surface area (Å²) in [6.07, 6.45) is 6.96. The van der Waals surface area contributed by atoms with Crippen LogP contribution >= 0.6 is 0 Å². The quantitative estimate of drug-likeness (QED) is 0.923. The molecule has 1 N–H and O–H groups in total. The highest BCUT2D eigenvalue weighted by molar-refractivity contribution is 5.95. The minimum Gasteiger partial charge on any atom is -0.478 e. The summed E-state index contributed by atoms with van der Waals surface area (Å²) in [4.78, 5) is 11.3. The molecule has 112 valence electrons. The highest BCUT2D eigenvalue weighted by Crippen LogP contribution is 2.33. The van der Waals surface area contributed by atoms with Gasteiger partial charge < -0.3 is 5.11 Å². The number of fused-ring (bicyclic) bond motifs is 1. The van der Waals surface area contributed by atoms with Crippen molar-refractivity contribution in [2.75, 3.05) is 0 Å². The highest BCUT2D eigenvalue weighted by Gasteiger charge is 2.22. The van der Waals surface area contributed by atoms with Gasteiger partial charge in [-0.15, -0.1) is 0 Å². The minimum atomic E-state index is -0.866. The van der Waals surface area contributed by atoms with E-state index in [0.29, 0.717) is 11.6 Å². The van der Waals surface area contributed by atoms with Gasteiger partial charge in [0.05, 0.1) is 22.8 Å². The van der Waals surface area contributed by atoms with Gasteiger partial charge >= 0.3 is 5.97 Å². The van der Waals surface area contributed by atoms with Gasteiger partial charge in [-0.05, 0) is 43.9 Å². The summed E-state index contributed by atoms with van der Waals surface area (Å²) in [6.45, 7) is 4.10. The van der Waals surface area contributed by atoms with Crippen LogP contribution in [0.25, 0.3) is 10.9 Å². The van der Waals surface area contributed by atoms with Crippen molar-refractivity contribution in [2.45, 2.75) is 58.4 Å². The van der Waals surface area contributed by atoms with Crippen molar-refractivity contribution in [3.05, 3.63) is 29.0 Å². The van der Waals surface area contributed by atoms with Gasteiger partial charge in [-0.2, -0.15) is 5.10 Å². The molecule has 0 radical (unpaired) electrons. The van der Waals surface area contributed by atoms with E-state index < -0.39 is 5.97 Å². The van der Waals surface area contributed by atoms with Crippen LogP contribution in [0.5, 0.6) is 0 Å². The number of carboxylic acids is 1. The van der Waals surface area contributed by atoms with Gasteiger partial charge in [0.2, 0.25) is 0 Å². The van der Waals surface area contributed by atoms with E-state index in [4.69, 9.17) is 5.10 Å². The van der Waals surface area contributed by atoms with Crippen LogP contribution in [0.15, 0.2) is 12.1 Å². The van der Waals surface area contributed by atoms with E-state index in [0.717, 1.165) is 41.4 Å². The maximum atomic E-state index is 11.3. The van der Waals surface area contributed by atoms with Gasteiger partial charge in [0.1, 0.15) is 0 Å². The van der Waals surface area contributed by atoms with Crippen LogP contribution in [0.4, 0.5) is 0 Å². The molecular weight excluding hydrogens is 264 g/mol. The Balaban J connectivity index is 2.21. The molecule has 1 aromatic carbocycles. The molecule has 4 heteroatoms. The van der Waals surface area contributed by atoms with E-state index >= 15 is 0 Å². The number of carbonyl (C=O) groups is 1. The van der Waals surface area contributed by atoms with Gasteiger partial charge in [-0.25, -0.2) is 4.79 Å². The van der Waals surface area contributed by atoms with Crippen LogP contribution < -0.4 is 0 Å².